The van der Waals surface area contributed by atoms with E-state index >= 15 is 0 Å². The van der Waals surface area contributed by atoms with Gasteiger partial charge in [-0.05, 0) is 26.2 Å². The summed E-state index contributed by atoms with van der Waals surface area (Å²) < 4.78 is 15.3. The molecule has 1 heterocycles. The SMILES string of the molecule is CCOC(=O)COCCNC(C)C1CCOC1. The van der Waals surface area contributed by atoms with Gasteiger partial charge in [0.2, 0.25) is 0 Å². The maximum atomic E-state index is 11.0. The molecule has 0 aromatic carbocycles. The maximum absolute atomic E-state index is 11.0. The van der Waals surface area contributed by atoms with Crippen molar-refractivity contribution in [2.75, 3.05) is 39.6 Å². The summed E-state index contributed by atoms with van der Waals surface area (Å²) in [6.45, 7) is 7.37. The molecule has 100 valence electrons. The molecular formula is C12H23NO4. The molecule has 1 N–H and O–H groups in total. The molecule has 2 atom stereocenters. The normalized spacial score (nSPS) is 21.4. The fraction of sp³-hybridized carbons (Fsp3) is 0.917. The van der Waals surface area contributed by atoms with Gasteiger partial charge in [-0.2, -0.15) is 0 Å². The summed E-state index contributed by atoms with van der Waals surface area (Å²) in [6, 6.07) is 0.434. The van der Waals surface area contributed by atoms with Crippen LogP contribution < -0.4 is 5.32 Å². The number of ether oxygens (including phenoxy) is 3. The van der Waals surface area contributed by atoms with E-state index in [1.165, 1.54) is 0 Å². The second-order valence-corrected chi connectivity index (χ2v) is 4.22. The summed E-state index contributed by atoms with van der Waals surface area (Å²) in [5.41, 5.74) is 0. The van der Waals surface area contributed by atoms with Crippen molar-refractivity contribution in [1.82, 2.24) is 5.32 Å². The Hall–Kier alpha value is -0.650. The number of carbonyl (C=O) groups excluding carboxylic acids is 1. The van der Waals surface area contributed by atoms with Gasteiger partial charge in [-0.15, -0.1) is 0 Å². The average Bonchev–Trinajstić information content (AvgIpc) is 2.82. The molecule has 1 saturated heterocycles. The first-order chi connectivity index (χ1) is 8.24. The molecule has 0 aliphatic carbocycles. The topological polar surface area (TPSA) is 56.8 Å². The quantitative estimate of drug-likeness (QED) is 0.501. The molecule has 0 spiro atoms. The van der Waals surface area contributed by atoms with Crippen LogP contribution in [-0.2, 0) is 19.0 Å². The van der Waals surface area contributed by atoms with E-state index in [1.807, 2.05) is 0 Å². The van der Waals surface area contributed by atoms with Crippen LogP contribution in [0.25, 0.3) is 0 Å². The Morgan fingerprint density at radius 2 is 2.41 bits per heavy atom. The molecule has 1 fully saturated rings. The first-order valence-corrected chi connectivity index (χ1v) is 6.28. The Morgan fingerprint density at radius 1 is 1.59 bits per heavy atom. The van der Waals surface area contributed by atoms with Crippen LogP contribution in [0.15, 0.2) is 0 Å². The van der Waals surface area contributed by atoms with Crippen molar-refractivity contribution in [3.63, 3.8) is 0 Å². The van der Waals surface area contributed by atoms with Crippen LogP contribution >= 0.6 is 0 Å². The monoisotopic (exact) mass is 245 g/mol. The van der Waals surface area contributed by atoms with E-state index in [-0.39, 0.29) is 12.6 Å². The highest BCUT2D eigenvalue weighted by Gasteiger charge is 2.21. The van der Waals surface area contributed by atoms with Gasteiger partial charge in [0.25, 0.3) is 0 Å². The second-order valence-electron chi connectivity index (χ2n) is 4.22. The van der Waals surface area contributed by atoms with Gasteiger partial charge in [-0.1, -0.05) is 0 Å². The number of nitrogens with one attached hydrogen (secondary N) is 1. The minimum Gasteiger partial charge on any atom is -0.464 e. The second kappa shape index (κ2) is 8.44. The Morgan fingerprint density at radius 3 is 3.06 bits per heavy atom. The minimum absolute atomic E-state index is 0.0381. The Balaban J connectivity index is 1.94. The van der Waals surface area contributed by atoms with Gasteiger partial charge in [0.1, 0.15) is 6.61 Å². The summed E-state index contributed by atoms with van der Waals surface area (Å²) in [6.07, 6.45) is 1.12. The third-order valence-electron chi connectivity index (χ3n) is 2.91. The highest BCUT2D eigenvalue weighted by atomic mass is 16.6. The molecule has 1 aliphatic heterocycles. The zero-order valence-electron chi connectivity index (χ0n) is 10.7. The zero-order chi connectivity index (χ0) is 12.5. The summed E-state index contributed by atoms with van der Waals surface area (Å²) >= 11 is 0. The Labute approximate surface area is 103 Å². The van der Waals surface area contributed by atoms with Gasteiger partial charge in [0, 0.05) is 19.2 Å². The fourth-order valence-electron chi connectivity index (χ4n) is 1.83. The van der Waals surface area contributed by atoms with Crippen LogP contribution in [0.1, 0.15) is 20.3 Å². The molecule has 17 heavy (non-hydrogen) atoms. The van der Waals surface area contributed by atoms with E-state index in [0.29, 0.717) is 25.2 Å². The smallest absolute Gasteiger partial charge is 0.332 e. The number of hydrogen-bond donors (Lipinski definition) is 1. The molecule has 1 rings (SSSR count). The lowest BCUT2D eigenvalue weighted by Gasteiger charge is -2.19. The molecule has 2 unspecified atom stereocenters. The first kappa shape index (κ1) is 14.4. The molecule has 0 radical (unpaired) electrons. The van der Waals surface area contributed by atoms with Crippen LogP contribution in [0.4, 0.5) is 0 Å². The van der Waals surface area contributed by atoms with E-state index in [9.17, 15) is 4.79 Å². The molecule has 5 nitrogen and oxygen atoms in total. The molecule has 0 aromatic rings. The standard InChI is InChI=1S/C12H23NO4/c1-3-17-12(14)9-16-7-5-13-10(2)11-4-6-15-8-11/h10-11,13H,3-9H2,1-2H3. The van der Waals surface area contributed by atoms with Gasteiger partial charge < -0.3 is 19.5 Å². The summed E-state index contributed by atoms with van der Waals surface area (Å²) in [5, 5.41) is 3.37. The van der Waals surface area contributed by atoms with Crippen molar-refractivity contribution in [3.8, 4) is 0 Å². The van der Waals surface area contributed by atoms with Crippen LogP contribution in [-0.4, -0.2) is 51.6 Å². The van der Waals surface area contributed by atoms with Gasteiger partial charge in [0.05, 0.1) is 19.8 Å². The fourth-order valence-corrected chi connectivity index (χ4v) is 1.83. The van der Waals surface area contributed by atoms with Crippen LogP contribution in [0, 0.1) is 5.92 Å². The van der Waals surface area contributed by atoms with Crippen LogP contribution in [0.2, 0.25) is 0 Å². The molecule has 5 heteroatoms. The van der Waals surface area contributed by atoms with E-state index < -0.39 is 0 Å². The van der Waals surface area contributed by atoms with Crippen molar-refractivity contribution in [2.24, 2.45) is 5.92 Å². The number of esters is 1. The van der Waals surface area contributed by atoms with E-state index in [4.69, 9.17) is 14.2 Å². The van der Waals surface area contributed by atoms with E-state index in [2.05, 4.69) is 12.2 Å². The van der Waals surface area contributed by atoms with Crippen LogP contribution in [0.3, 0.4) is 0 Å². The number of hydrogen-bond acceptors (Lipinski definition) is 5. The first-order valence-electron chi connectivity index (χ1n) is 6.28. The molecule has 0 bridgehead atoms. The lowest BCUT2D eigenvalue weighted by molar-refractivity contribution is -0.148. The highest BCUT2D eigenvalue weighted by Crippen LogP contribution is 2.15. The van der Waals surface area contributed by atoms with Crippen molar-refractivity contribution < 1.29 is 19.0 Å². The summed E-state index contributed by atoms with van der Waals surface area (Å²) in [4.78, 5) is 11.0. The van der Waals surface area contributed by atoms with Crippen molar-refractivity contribution in [2.45, 2.75) is 26.3 Å². The van der Waals surface area contributed by atoms with Crippen molar-refractivity contribution in [3.05, 3.63) is 0 Å². The largest absolute Gasteiger partial charge is 0.464 e. The van der Waals surface area contributed by atoms with Gasteiger partial charge >= 0.3 is 5.97 Å². The molecular weight excluding hydrogens is 222 g/mol. The predicted molar refractivity (Wildman–Crippen MR) is 63.8 cm³/mol. The average molecular weight is 245 g/mol. The number of carbonyl (C=O) groups is 1. The molecule has 0 aromatic heterocycles. The predicted octanol–water partition coefficient (Wildman–Crippen LogP) is 0.581. The van der Waals surface area contributed by atoms with Crippen LogP contribution in [0.5, 0.6) is 0 Å². The Bertz CT molecular complexity index is 217. The lowest BCUT2D eigenvalue weighted by Crippen LogP contribution is -2.36. The minimum atomic E-state index is -0.301. The maximum Gasteiger partial charge on any atom is 0.332 e. The third kappa shape index (κ3) is 6.00. The summed E-state index contributed by atoms with van der Waals surface area (Å²) in [5.74, 6) is 0.296. The summed E-state index contributed by atoms with van der Waals surface area (Å²) in [7, 11) is 0. The van der Waals surface area contributed by atoms with Crippen molar-refractivity contribution in [1.29, 1.82) is 0 Å². The van der Waals surface area contributed by atoms with E-state index in [1.54, 1.807) is 6.92 Å². The van der Waals surface area contributed by atoms with Crippen molar-refractivity contribution >= 4 is 5.97 Å². The van der Waals surface area contributed by atoms with Gasteiger partial charge in [-0.25, -0.2) is 4.79 Å². The lowest BCUT2D eigenvalue weighted by atomic mass is 10.0. The van der Waals surface area contributed by atoms with Gasteiger partial charge in [-0.3, -0.25) is 0 Å². The number of rotatable bonds is 8. The van der Waals surface area contributed by atoms with E-state index in [0.717, 1.165) is 26.2 Å². The zero-order valence-corrected chi connectivity index (χ0v) is 10.7. The molecule has 0 amide bonds. The highest BCUT2D eigenvalue weighted by molar-refractivity contribution is 5.70. The third-order valence-corrected chi connectivity index (χ3v) is 2.91. The molecule has 1 aliphatic rings. The van der Waals surface area contributed by atoms with Gasteiger partial charge in [0.15, 0.2) is 0 Å². The Kier molecular flexibility index (Phi) is 7.16. The molecule has 0 saturated carbocycles.